The Hall–Kier alpha value is -2.72. The molecule has 0 saturated carbocycles. The van der Waals surface area contributed by atoms with E-state index in [4.69, 9.17) is 25.5 Å². The van der Waals surface area contributed by atoms with E-state index in [0.29, 0.717) is 34.1 Å². The van der Waals surface area contributed by atoms with Crippen molar-refractivity contribution in [1.29, 1.82) is 0 Å². The van der Waals surface area contributed by atoms with E-state index in [0.717, 1.165) is 11.1 Å². The molecule has 3 aromatic rings. The van der Waals surface area contributed by atoms with Crippen molar-refractivity contribution in [2.75, 3.05) is 6.61 Å². The first kappa shape index (κ1) is 17.1. The molecule has 0 N–H and O–H groups in total. The van der Waals surface area contributed by atoms with Crippen molar-refractivity contribution in [1.82, 2.24) is 0 Å². The average Bonchev–Trinajstić information content (AvgIpc) is 2.60. The number of halogens is 1. The molecule has 1 heterocycles. The normalized spacial score (nSPS) is 10.7. The van der Waals surface area contributed by atoms with E-state index in [1.165, 1.54) is 6.26 Å². The van der Waals surface area contributed by atoms with Gasteiger partial charge < -0.3 is 13.9 Å². The summed E-state index contributed by atoms with van der Waals surface area (Å²) in [5, 5.41) is 1.11. The van der Waals surface area contributed by atoms with Crippen LogP contribution in [0.5, 0.6) is 17.2 Å². The molecule has 25 heavy (non-hydrogen) atoms. The Morgan fingerprint density at radius 2 is 1.88 bits per heavy atom. The number of fused-ring (bicyclic) bond motifs is 1. The van der Waals surface area contributed by atoms with E-state index in [9.17, 15) is 4.79 Å². The van der Waals surface area contributed by atoms with Gasteiger partial charge in [0, 0.05) is 11.1 Å². The molecule has 0 saturated heterocycles. The SMILES string of the molecule is C=CCOc1ccc2c(=O)c(Oc3cc(C)c(Cl)c(C)c3)coc2c1. The quantitative estimate of drug-likeness (QED) is 0.573. The standard InChI is InChI=1S/C20H17ClO4/c1-4-7-23-14-5-6-16-17(10-14)24-11-18(20(16)22)25-15-8-12(2)19(21)13(3)9-15/h4-6,8-11H,1,7H2,2-3H3. The summed E-state index contributed by atoms with van der Waals surface area (Å²) in [6.45, 7) is 7.75. The zero-order chi connectivity index (χ0) is 18.0. The number of aryl methyl sites for hydroxylation is 2. The Balaban J connectivity index is 1.96. The fourth-order valence-corrected chi connectivity index (χ4v) is 2.61. The largest absolute Gasteiger partial charge is 0.489 e. The van der Waals surface area contributed by atoms with Gasteiger partial charge in [-0.15, -0.1) is 0 Å². The minimum Gasteiger partial charge on any atom is -0.489 e. The Kier molecular flexibility index (Phi) is 4.81. The summed E-state index contributed by atoms with van der Waals surface area (Å²) < 4.78 is 16.7. The van der Waals surface area contributed by atoms with Gasteiger partial charge in [-0.25, -0.2) is 0 Å². The zero-order valence-corrected chi connectivity index (χ0v) is 14.7. The molecule has 0 bridgehead atoms. The van der Waals surface area contributed by atoms with Crippen LogP contribution in [-0.2, 0) is 0 Å². The molecule has 0 atom stereocenters. The van der Waals surface area contributed by atoms with Gasteiger partial charge in [0.1, 0.15) is 30.0 Å². The van der Waals surface area contributed by atoms with Crippen LogP contribution in [-0.4, -0.2) is 6.61 Å². The predicted molar refractivity (Wildman–Crippen MR) is 99.2 cm³/mol. The summed E-state index contributed by atoms with van der Waals surface area (Å²) in [6, 6.07) is 8.60. The van der Waals surface area contributed by atoms with Crippen molar-refractivity contribution in [3.05, 3.63) is 75.6 Å². The second kappa shape index (κ2) is 7.03. The monoisotopic (exact) mass is 356 g/mol. The molecule has 0 spiro atoms. The number of hydrogen-bond acceptors (Lipinski definition) is 4. The van der Waals surface area contributed by atoms with Gasteiger partial charge in [0.25, 0.3) is 0 Å². The van der Waals surface area contributed by atoms with Crippen LogP contribution < -0.4 is 14.9 Å². The van der Waals surface area contributed by atoms with Crippen molar-refractivity contribution in [2.24, 2.45) is 0 Å². The molecule has 0 aliphatic rings. The molecule has 3 rings (SSSR count). The molecule has 2 aromatic carbocycles. The summed E-state index contributed by atoms with van der Waals surface area (Å²) in [5.74, 6) is 1.26. The predicted octanol–water partition coefficient (Wildman–Crippen LogP) is 5.42. The Bertz CT molecular complexity index is 981. The van der Waals surface area contributed by atoms with Crippen molar-refractivity contribution in [2.45, 2.75) is 13.8 Å². The molecule has 5 heteroatoms. The summed E-state index contributed by atoms with van der Waals surface area (Å²) in [7, 11) is 0. The third kappa shape index (κ3) is 3.54. The lowest BCUT2D eigenvalue weighted by Gasteiger charge is -2.10. The van der Waals surface area contributed by atoms with Crippen molar-refractivity contribution >= 4 is 22.6 Å². The number of rotatable bonds is 5. The van der Waals surface area contributed by atoms with Crippen LogP contribution in [0.1, 0.15) is 11.1 Å². The molecule has 0 aliphatic heterocycles. The van der Waals surface area contributed by atoms with E-state index >= 15 is 0 Å². The van der Waals surface area contributed by atoms with Gasteiger partial charge in [-0.05, 0) is 49.2 Å². The first-order chi connectivity index (χ1) is 12.0. The van der Waals surface area contributed by atoms with Crippen molar-refractivity contribution in [3.8, 4) is 17.2 Å². The Morgan fingerprint density at radius 3 is 2.56 bits per heavy atom. The minimum absolute atomic E-state index is 0.119. The van der Waals surface area contributed by atoms with Gasteiger partial charge in [0.05, 0.1) is 5.39 Å². The van der Waals surface area contributed by atoms with E-state index in [1.54, 1.807) is 36.4 Å². The average molecular weight is 357 g/mol. The molecule has 0 amide bonds. The number of benzene rings is 2. The van der Waals surface area contributed by atoms with Gasteiger partial charge >= 0.3 is 0 Å². The zero-order valence-electron chi connectivity index (χ0n) is 14.0. The van der Waals surface area contributed by atoms with Crippen LogP contribution in [0, 0.1) is 13.8 Å². The highest BCUT2D eigenvalue weighted by Gasteiger charge is 2.11. The van der Waals surface area contributed by atoms with Crippen LogP contribution >= 0.6 is 11.6 Å². The maximum Gasteiger partial charge on any atom is 0.235 e. The van der Waals surface area contributed by atoms with Crippen LogP contribution in [0.15, 0.2) is 58.5 Å². The first-order valence-corrected chi connectivity index (χ1v) is 8.11. The maximum absolute atomic E-state index is 12.6. The molecule has 1 aromatic heterocycles. The highest BCUT2D eigenvalue weighted by molar-refractivity contribution is 6.32. The third-order valence-corrected chi connectivity index (χ3v) is 4.32. The van der Waals surface area contributed by atoms with Crippen LogP contribution in [0.25, 0.3) is 11.0 Å². The fraction of sp³-hybridized carbons (Fsp3) is 0.150. The number of hydrogen-bond donors (Lipinski definition) is 0. The van der Waals surface area contributed by atoms with Gasteiger partial charge in [-0.1, -0.05) is 24.3 Å². The highest BCUT2D eigenvalue weighted by atomic mass is 35.5. The molecular weight excluding hydrogens is 340 g/mol. The molecule has 0 radical (unpaired) electrons. The maximum atomic E-state index is 12.6. The van der Waals surface area contributed by atoms with Gasteiger partial charge in [0.15, 0.2) is 0 Å². The second-order valence-electron chi connectivity index (χ2n) is 5.66. The first-order valence-electron chi connectivity index (χ1n) is 7.73. The molecule has 0 fully saturated rings. The summed E-state index contributed by atoms with van der Waals surface area (Å²) >= 11 is 6.16. The lowest BCUT2D eigenvalue weighted by atomic mass is 10.1. The molecule has 0 unspecified atom stereocenters. The van der Waals surface area contributed by atoms with Crippen LogP contribution in [0.4, 0.5) is 0 Å². The third-order valence-electron chi connectivity index (χ3n) is 3.72. The minimum atomic E-state index is -0.248. The fourth-order valence-electron chi connectivity index (χ4n) is 2.50. The van der Waals surface area contributed by atoms with Crippen molar-refractivity contribution in [3.63, 3.8) is 0 Å². The summed E-state index contributed by atoms with van der Waals surface area (Å²) in [6.07, 6.45) is 2.95. The van der Waals surface area contributed by atoms with E-state index in [-0.39, 0.29) is 11.2 Å². The van der Waals surface area contributed by atoms with Crippen molar-refractivity contribution < 1.29 is 13.9 Å². The van der Waals surface area contributed by atoms with Crippen LogP contribution in [0.3, 0.4) is 0 Å². The van der Waals surface area contributed by atoms with E-state index < -0.39 is 0 Å². The second-order valence-corrected chi connectivity index (χ2v) is 6.04. The summed E-state index contributed by atoms with van der Waals surface area (Å²) in [4.78, 5) is 12.6. The van der Waals surface area contributed by atoms with Gasteiger partial charge in [-0.3, -0.25) is 4.79 Å². The van der Waals surface area contributed by atoms with E-state index in [2.05, 4.69) is 6.58 Å². The molecule has 4 nitrogen and oxygen atoms in total. The summed E-state index contributed by atoms with van der Waals surface area (Å²) in [5.41, 5.74) is 1.95. The lowest BCUT2D eigenvalue weighted by molar-refractivity contribution is 0.363. The molecular formula is C20H17ClO4. The molecule has 0 aliphatic carbocycles. The van der Waals surface area contributed by atoms with Crippen LogP contribution in [0.2, 0.25) is 5.02 Å². The van der Waals surface area contributed by atoms with Gasteiger partial charge in [0.2, 0.25) is 11.2 Å². The smallest absolute Gasteiger partial charge is 0.235 e. The number of ether oxygens (including phenoxy) is 2. The topological polar surface area (TPSA) is 48.7 Å². The highest BCUT2D eigenvalue weighted by Crippen LogP contribution is 2.29. The Labute approximate surface area is 150 Å². The lowest BCUT2D eigenvalue weighted by Crippen LogP contribution is -2.05. The Morgan fingerprint density at radius 1 is 1.16 bits per heavy atom. The van der Waals surface area contributed by atoms with Gasteiger partial charge in [-0.2, -0.15) is 0 Å². The van der Waals surface area contributed by atoms with E-state index in [1.807, 2.05) is 13.8 Å². The molecule has 128 valence electrons.